The van der Waals surface area contributed by atoms with Crippen LogP contribution in [0.15, 0.2) is 35.3 Å². The molecule has 19 heavy (non-hydrogen) atoms. The molecule has 0 amide bonds. The number of halogens is 3. The van der Waals surface area contributed by atoms with Gasteiger partial charge in [-0.3, -0.25) is 4.90 Å². The van der Waals surface area contributed by atoms with E-state index in [4.69, 9.17) is 0 Å². The van der Waals surface area contributed by atoms with E-state index in [0.717, 1.165) is 26.2 Å². The van der Waals surface area contributed by atoms with E-state index in [-0.39, 0.29) is 24.8 Å². The smallest absolute Gasteiger partial charge is 0.0541 e. The zero-order valence-corrected chi connectivity index (χ0v) is 14.3. The molecule has 1 atom stereocenters. The summed E-state index contributed by atoms with van der Waals surface area (Å²) >= 11 is 3.67. The average Bonchev–Trinajstić information content (AvgIpc) is 2.34. The minimum absolute atomic E-state index is 0. The second kappa shape index (κ2) is 8.98. The van der Waals surface area contributed by atoms with Gasteiger partial charge in [-0.1, -0.05) is 34.1 Å². The van der Waals surface area contributed by atoms with Crippen LogP contribution in [0, 0.1) is 6.92 Å². The molecule has 1 saturated heterocycles. The predicted molar refractivity (Wildman–Crippen MR) is 90.8 cm³/mol. The second-order valence-electron chi connectivity index (χ2n) is 4.49. The van der Waals surface area contributed by atoms with Gasteiger partial charge in [0.15, 0.2) is 0 Å². The van der Waals surface area contributed by atoms with Crippen molar-refractivity contribution in [1.29, 1.82) is 0 Å². The first kappa shape index (κ1) is 18.9. The highest BCUT2D eigenvalue weighted by atomic mass is 79.9. The summed E-state index contributed by atoms with van der Waals surface area (Å²) in [6, 6.07) is 6.85. The molecule has 1 N–H and O–H groups in total. The molecule has 2 nitrogen and oxygen atoms in total. The van der Waals surface area contributed by atoms with Crippen LogP contribution in [-0.2, 0) is 0 Å². The van der Waals surface area contributed by atoms with Gasteiger partial charge in [-0.15, -0.1) is 31.4 Å². The fourth-order valence-electron chi connectivity index (χ4n) is 2.31. The van der Waals surface area contributed by atoms with Gasteiger partial charge in [0.05, 0.1) is 6.04 Å². The van der Waals surface area contributed by atoms with Crippen LogP contribution in [0.5, 0.6) is 0 Å². The first-order valence-corrected chi connectivity index (χ1v) is 6.85. The first-order chi connectivity index (χ1) is 8.22. The molecule has 1 aromatic rings. The fraction of sp³-hybridized carbons (Fsp3) is 0.429. The third kappa shape index (κ3) is 4.76. The summed E-state index contributed by atoms with van der Waals surface area (Å²) in [7, 11) is 0. The van der Waals surface area contributed by atoms with Crippen molar-refractivity contribution >= 4 is 40.7 Å². The number of hydrogen-bond acceptors (Lipinski definition) is 2. The summed E-state index contributed by atoms with van der Waals surface area (Å²) in [4.78, 5) is 2.47. The zero-order chi connectivity index (χ0) is 12.3. The van der Waals surface area contributed by atoms with Gasteiger partial charge in [0.25, 0.3) is 0 Å². The molecule has 1 heterocycles. The lowest BCUT2D eigenvalue weighted by Gasteiger charge is -2.34. The topological polar surface area (TPSA) is 15.3 Å². The number of rotatable bonds is 3. The second-order valence-corrected chi connectivity index (χ2v) is 5.35. The van der Waals surface area contributed by atoms with Crippen LogP contribution in [0.25, 0.3) is 0 Å². The molecular formula is C14H21BrCl2N2. The van der Waals surface area contributed by atoms with Gasteiger partial charge in [-0.2, -0.15) is 0 Å². The Morgan fingerprint density at radius 2 is 1.95 bits per heavy atom. The molecule has 0 aromatic heterocycles. The van der Waals surface area contributed by atoms with Crippen LogP contribution in [0.4, 0.5) is 0 Å². The van der Waals surface area contributed by atoms with Crippen molar-refractivity contribution in [1.82, 2.24) is 10.2 Å². The molecule has 0 unspecified atom stereocenters. The van der Waals surface area contributed by atoms with Crippen LogP contribution in [0.2, 0.25) is 0 Å². The van der Waals surface area contributed by atoms with Crippen molar-refractivity contribution in [3.8, 4) is 0 Å². The molecule has 0 saturated carbocycles. The number of hydrogen-bond donors (Lipinski definition) is 1. The van der Waals surface area contributed by atoms with Crippen molar-refractivity contribution in [3.63, 3.8) is 0 Å². The number of benzene rings is 1. The minimum Gasteiger partial charge on any atom is -0.314 e. The van der Waals surface area contributed by atoms with Crippen molar-refractivity contribution < 1.29 is 0 Å². The SMILES string of the molecule is C=C[C@H](c1ccc(C)cc1Br)N1CCNCC1.Cl.Cl. The third-order valence-electron chi connectivity index (χ3n) is 3.24. The minimum atomic E-state index is 0. The summed E-state index contributed by atoms with van der Waals surface area (Å²) in [6.45, 7) is 10.4. The van der Waals surface area contributed by atoms with E-state index in [0.29, 0.717) is 6.04 Å². The molecule has 1 aliphatic rings. The Hall–Kier alpha value is -0.0600. The Morgan fingerprint density at radius 3 is 2.47 bits per heavy atom. The highest BCUT2D eigenvalue weighted by molar-refractivity contribution is 9.10. The molecule has 1 aliphatic heterocycles. The van der Waals surface area contributed by atoms with Gasteiger partial charge in [-0.25, -0.2) is 0 Å². The lowest BCUT2D eigenvalue weighted by Crippen LogP contribution is -2.44. The van der Waals surface area contributed by atoms with Crippen LogP contribution in [-0.4, -0.2) is 31.1 Å². The summed E-state index contributed by atoms with van der Waals surface area (Å²) in [5.74, 6) is 0. The molecular weight excluding hydrogens is 347 g/mol. The van der Waals surface area contributed by atoms with E-state index >= 15 is 0 Å². The lowest BCUT2D eigenvalue weighted by atomic mass is 10.0. The number of nitrogens with zero attached hydrogens (tertiary/aromatic N) is 1. The standard InChI is InChI=1S/C14H19BrN2.2ClH/c1-3-14(17-8-6-16-7-9-17)12-5-4-11(2)10-13(12)15;;/h3-5,10,14,16H,1,6-9H2,2H3;2*1H/t14-;;/m1../s1. The molecule has 1 aromatic carbocycles. The van der Waals surface area contributed by atoms with Crippen LogP contribution < -0.4 is 5.32 Å². The Balaban J connectivity index is 0.00000162. The normalized spacial score (nSPS) is 16.9. The van der Waals surface area contributed by atoms with Crippen LogP contribution in [0.1, 0.15) is 17.2 Å². The molecule has 0 bridgehead atoms. The largest absolute Gasteiger partial charge is 0.314 e. The number of nitrogens with one attached hydrogen (secondary N) is 1. The van der Waals surface area contributed by atoms with Gasteiger partial charge in [0, 0.05) is 30.7 Å². The summed E-state index contributed by atoms with van der Waals surface area (Å²) < 4.78 is 1.18. The Bertz CT molecular complexity index is 406. The molecule has 2 rings (SSSR count). The first-order valence-electron chi connectivity index (χ1n) is 6.06. The fourth-order valence-corrected chi connectivity index (χ4v) is 3.03. The van der Waals surface area contributed by atoms with Crippen LogP contribution >= 0.6 is 40.7 Å². The van der Waals surface area contributed by atoms with E-state index in [9.17, 15) is 0 Å². The molecule has 1 fully saturated rings. The van der Waals surface area contributed by atoms with Crippen molar-refractivity contribution in [2.45, 2.75) is 13.0 Å². The van der Waals surface area contributed by atoms with E-state index in [1.54, 1.807) is 0 Å². The van der Waals surface area contributed by atoms with Crippen LogP contribution in [0.3, 0.4) is 0 Å². The van der Waals surface area contributed by atoms with Crippen molar-refractivity contribution in [2.24, 2.45) is 0 Å². The maximum Gasteiger partial charge on any atom is 0.0541 e. The maximum absolute atomic E-state index is 3.99. The summed E-state index contributed by atoms with van der Waals surface area (Å²) in [5, 5.41) is 3.38. The maximum atomic E-state index is 3.99. The monoisotopic (exact) mass is 366 g/mol. The quantitative estimate of drug-likeness (QED) is 0.818. The van der Waals surface area contributed by atoms with E-state index in [2.05, 4.69) is 57.8 Å². The highest BCUT2D eigenvalue weighted by Crippen LogP contribution is 2.29. The van der Waals surface area contributed by atoms with Crippen molar-refractivity contribution in [2.75, 3.05) is 26.2 Å². The van der Waals surface area contributed by atoms with Crippen molar-refractivity contribution in [3.05, 3.63) is 46.5 Å². The molecule has 108 valence electrons. The van der Waals surface area contributed by atoms with Gasteiger partial charge < -0.3 is 5.32 Å². The third-order valence-corrected chi connectivity index (χ3v) is 3.93. The van der Waals surface area contributed by atoms with E-state index in [1.165, 1.54) is 15.6 Å². The highest BCUT2D eigenvalue weighted by Gasteiger charge is 2.20. The van der Waals surface area contributed by atoms with E-state index < -0.39 is 0 Å². The molecule has 0 spiro atoms. The number of aryl methyl sites for hydroxylation is 1. The Labute approximate surface area is 136 Å². The average molecular weight is 368 g/mol. The van der Waals surface area contributed by atoms with E-state index in [1.807, 2.05) is 6.08 Å². The molecule has 0 aliphatic carbocycles. The van der Waals surface area contributed by atoms with Gasteiger partial charge in [-0.05, 0) is 24.1 Å². The summed E-state index contributed by atoms with van der Waals surface area (Å²) in [5.41, 5.74) is 2.59. The Kier molecular flexibility index (Phi) is 8.95. The predicted octanol–water partition coefficient (Wildman–Crippen LogP) is 3.73. The lowest BCUT2D eigenvalue weighted by molar-refractivity contribution is 0.203. The van der Waals surface area contributed by atoms with Gasteiger partial charge in [0.2, 0.25) is 0 Å². The molecule has 5 heteroatoms. The van der Waals surface area contributed by atoms with Gasteiger partial charge >= 0.3 is 0 Å². The zero-order valence-electron chi connectivity index (χ0n) is 11.1. The summed E-state index contributed by atoms with van der Waals surface area (Å²) in [6.07, 6.45) is 2.04. The Morgan fingerprint density at radius 1 is 1.32 bits per heavy atom. The molecule has 0 radical (unpaired) electrons. The van der Waals surface area contributed by atoms with Gasteiger partial charge in [0.1, 0.15) is 0 Å². The number of piperazine rings is 1.